The van der Waals surface area contributed by atoms with E-state index in [9.17, 15) is 19.2 Å². The largest absolute Gasteiger partial charge is 0.444 e. The van der Waals surface area contributed by atoms with Crippen molar-refractivity contribution in [1.82, 2.24) is 25.3 Å². The Morgan fingerprint density at radius 2 is 1.48 bits per heavy atom. The Bertz CT molecular complexity index is 1600. The minimum absolute atomic E-state index is 0.0515. The smallest absolute Gasteiger partial charge is 0.410 e. The number of fused-ring (bicyclic) bond motifs is 1. The molecule has 2 fully saturated rings. The molecular formula is C38H49N5O5. The van der Waals surface area contributed by atoms with Crippen molar-refractivity contribution < 1.29 is 23.9 Å². The van der Waals surface area contributed by atoms with Crippen molar-refractivity contribution in [2.24, 2.45) is 5.41 Å². The third-order valence-corrected chi connectivity index (χ3v) is 9.16. The lowest BCUT2D eigenvalue weighted by Gasteiger charge is -2.43. The monoisotopic (exact) mass is 655 g/mol. The molecule has 5 rings (SSSR count). The van der Waals surface area contributed by atoms with Gasteiger partial charge in [-0.2, -0.15) is 0 Å². The lowest BCUT2D eigenvalue weighted by atomic mass is 9.74. The van der Waals surface area contributed by atoms with Crippen molar-refractivity contribution in [2.45, 2.75) is 65.0 Å². The lowest BCUT2D eigenvalue weighted by molar-refractivity contribution is -0.142. The number of nitrogens with one attached hydrogen (secondary N) is 2. The van der Waals surface area contributed by atoms with E-state index in [2.05, 4.69) is 16.7 Å². The van der Waals surface area contributed by atoms with Crippen LogP contribution in [0.25, 0.3) is 10.8 Å². The highest BCUT2D eigenvalue weighted by Gasteiger charge is 2.44. The molecule has 0 saturated carbocycles. The molecule has 48 heavy (non-hydrogen) atoms. The predicted molar refractivity (Wildman–Crippen MR) is 186 cm³/mol. The third kappa shape index (κ3) is 8.65. The van der Waals surface area contributed by atoms with Gasteiger partial charge in [0.15, 0.2) is 0 Å². The van der Waals surface area contributed by atoms with Crippen molar-refractivity contribution in [3.8, 4) is 0 Å². The Kier molecular flexibility index (Phi) is 10.9. The molecule has 3 aromatic rings. The zero-order chi connectivity index (χ0) is 34.3. The maximum atomic E-state index is 14.5. The summed E-state index contributed by atoms with van der Waals surface area (Å²) in [5, 5.41) is 8.24. The highest BCUT2D eigenvalue weighted by Crippen LogP contribution is 2.35. The topological polar surface area (TPSA) is 111 Å². The average molecular weight is 656 g/mol. The molecule has 2 heterocycles. The summed E-state index contributed by atoms with van der Waals surface area (Å²) >= 11 is 0. The van der Waals surface area contributed by atoms with E-state index >= 15 is 0 Å². The van der Waals surface area contributed by atoms with Gasteiger partial charge in [0, 0.05) is 52.2 Å². The Balaban J connectivity index is 1.35. The number of hydrogen-bond acceptors (Lipinski definition) is 5. The fourth-order valence-electron chi connectivity index (χ4n) is 6.75. The van der Waals surface area contributed by atoms with Crippen molar-refractivity contribution in [1.29, 1.82) is 0 Å². The van der Waals surface area contributed by atoms with Crippen molar-refractivity contribution in [2.75, 3.05) is 45.8 Å². The van der Waals surface area contributed by atoms with Gasteiger partial charge >= 0.3 is 12.1 Å². The summed E-state index contributed by atoms with van der Waals surface area (Å²) in [6, 6.07) is 22.9. The van der Waals surface area contributed by atoms with Crippen LogP contribution in [0.4, 0.5) is 9.59 Å². The van der Waals surface area contributed by atoms with Crippen molar-refractivity contribution in [3.05, 3.63) is 83.9 Å². The maximum Gasteiger partial charge on any atom is 0.410 e. The van der Waals surface area contributed by atoms with Crippen LogP contribution in [-0.4, -0.2) is 96.1 Å². The molecule has 2 aliphatic rings. The Morgan fingerprint density at radius 3 is 2.17 bits per heavy atom. The molecule has 0 aliphatic carbocycles. The van der Waals surface area contributed by atoms with Gasteiger partial charge in [-0.25, -0.2) is 9.59 Å². The van der Waals surface area contributed by atoms with Gasteiger partial charge in [-0.1, -0.05) is 72.8 Å². The fraction of sp³-hybridized carbons (Fsp3) is 0.474. The van der Waals surface area contributed by atoms with Crippen molar-refractivity contribution >= 4 is 34.7 Å². The molecule has 0 radical (unpaired) electrons. The van der Waals surface area contributed by atoms with Crippen LogP contribution in [0.1, 0.15) is 51.7 Å². The second-order valence-electron chi connectivity index (χ2n) is 14.0. The molecular weight excluding hydrogens is 606 g/mol. The third-order valence-electron chi connectivity index (χ3n) is 9.16. The highest BCUT2D eigenvalue weighted by atomic mass is 16.6. The van der Waals surface area contributed by atoms with E-state index in [4.69, 9.17) is 4.74 Å². The normalized spacial score (nSPS) is 19.0. The first kappa shape index (κ1) is 34.7. The molecule has 10 heteroatoms. The van der Waals surface area contributed by atoms with E-state index in [1.165, 1.54) is 0 Å². The number of piperidine rings is 1. The Hall–Kier alpha value is -4.60. The number of carbonyl (C=O) groups excluding carboxylic acids is 4. The second kappa shape index (κ2) is 15.1. The number of hydrogen-bond donors (Lipinski definition) is 2. The van der Waals surface area contributed by atoms with E-state index in [0.29, 0.717) is 65.0 Å². The minimum atomic E-state index is -0.843. The number of urea groups is 1. The summed E-state index contributed by atoms with van der Waals surface area (Å²) in [7, 11) is 0. The van der Waals surface area contributed by atoms with E-state index in [-0.39, 0.29) is 24.4 Å². The van der Waals surface area contributed by atoms with Crippen LogP contribution in [-0.2, 0) is 27.2 Å². The molecule has 2 N–H and O–H groups in total. The zero-order valence-corrected chi connectivity index (χ0v) is 28.7. The number of likely N-dealkylation sites (tertiary alicyclic amines) is 1. The summed E-state index contributed by atoms with van der Waals surface area (Å²) in [6.07, 6.45) is 1.77. The molecule has 2 atom stereocenters. The SMILES string of the molecule is CCNC(=O)[C@]1(Cc2ccccc2)CCCN(C(=O)C(Cc2ccc3ccccc3c2)NC(=O)N2CCN(C(=O)OC(C)(C)C)CC2)C1. The Morgan fingerprint density at radius 1 is 0.812 bits per heavy atom. The van der Waals surface area contributed by atoms with E-state index in [0.717, 1.165) is 21.9 Å². The first-order chi connectivity index (χ1) is 23.0. The minimum Gasteiger partial charge on any atom is -0.444 e. The summed E-state index contributed by atoms with van der Waals surface area (Å²) in [5.74, 6) is -0.255. The number of rotatable bonds is 8. The van der Waals surface area contributed by atoms with Gasteiger partial charge in [-0.3, -0.25) is 9.59 Å². The quantitative estimate of drug-likeness (QED) is 0.355. The van der Waals surface area contributed by atoms with Gasteiger partial charge < -0.3 is 30.1 Å². The summed E-state index contributed by atoms with van der Waals surface area (Å²) in [6.45, 7) is 9.99. The lowest BCUT2D eigenvalue weighted by Crippen LogP contribution is -2.60. The number of benzene rings is 3. The van der Waals surface area contributed by atoms with E-state index in [1.54, 1.807) is 14.7 Å². The molecule has 0 aromatic heterocycles. The number of carbonyl (C=O) groups is 4. The van der Waals surface area contributed by atoms with Crippen LogP contribution in [0.5, 0.6) is 0 Å². The maximum absolute atomic E-state index is 14.5. The molecule has 0 spiro atoms. The Labute approximate surface area is 283 Å². The number of amides is 5. The van der Waals surface area contributed by atoms with Crippen LogP contribution in [0.3, 0.4) is 0 Å². The summed E-state index contributed by atoms with van der Waals surface area (Å²) < 4.78 is 5.51. The van der Waals surface area contributed by atoms with Gasteiger partial charge in [0.1, 0.15) is 11.6 Å². The number of ether oxygens (including phenoxy) is 1. The molecule has 3 aromatic carbocycles. The van der Waals surface area contributed by atoms with Crippen LogP contribution in [0, 0.1) is 5.41 Å². The molecule has 1 unspecified atom stereocenters. The summed E-state index contributed by atoms with van der Waals surface area (Å²) in [4.78, 5) is 59.4. The highest BCUT2D eigenvalue weighted by molar-refractivity contribution is 5.90. The van der Waals surface area contributed by atoms with Gasteiger partial charge in [-0.05, 0) is 68.9 Å². The number of nitrogens with zero attached hydrogens (tertiary/aromatic N) is 3. The van der Waals surface area contributed by atoms with Gasteiger partial charge in [-0.15, -0.1) is 0 Å². The van der Waals surface area contributed by atoms with Crippen LogP contribution >= 0.6 is 0 Å². The molecule has 256 valence electrons. The van der Waals surface area contributed by atoms with E-state index < -0.39 is 23.2 Å². The molecule has 0 bridgehead atoms. The predicted octanol–water partition coefficient (Wildman–Crippen LogP) is 5.00. The van der Waals surface area contributed by atoms with Crippen LogP contribution in [0.15, 0.2) is 72.8 Å². The van der Waals surface area contributed by atoms with Crippen molar-refractivity contribution in [3.63, 3.8) is 0 Å². The number of piperazine rings is 1. The standard InChI is InChI=1S/C38H49N5O5/c1-5-39-34(45)38(26-28-12-7-6-8-13-28)18-11-19-43(27-38)33(44)32(25-29-16-17-30-14-9-10-15-31(30)24-29)40-35(46)41-20-22-42(23-21-41)36(47)48-37(2,3)4/h6-10,12-17,24,32H,5,11,18-23,25-27H2,1-4H3,(H,39,45)(H,40,46)/t32?,38-/m0/s1. The molecule has 2 saturated heterocycles. The first-order valence-corrected chi connectivity index (χ1v) is 17.1. The fourth-order valence-corrected chi connectivity index (χ4v) is 6.75. The van der Waals surface area contributed by atoms with Crippen LogP contribution < -0.4 is 10.6 Å². The molecule has 10 nitrogen and oxygen atoms in total. The van der Waals surface area contributed by atoms with Gasteiger partial charge in [0.05, 0.1) is 5.41 Å². The first-order valence-electron chi connectivity index (χ1n) is 17.1. The summed E-state index contributed by atoms with van der Waals surface area (Å²) in [5.41, 5.74) is 0.593. The zero-order valence-electron chi connectivity index (χ0n) is 28.7. The van der Waals surface area contributed by atoms with Gasteiger partial charge in [0.25, 0.3) is 0 Å². The second-order valence-corrected chi connectivity index (χ2v) is 14.0. The molecule has 2 aliphatic heterocycles. The molecule has 5 amide bonds. The van der Waals surface area contributed by atoms with E-state index in [1.807, 2.05) is 94.4 Å². The van der Waals surface area contributed by atoms with Crippen LogP contribution in [0.2, 0.25) is 0 Å². The average Bonchev–Trinajstić information content (AvgIpc) is 3.07. The van der Waals surface area contributed by atoms with Gasteiger partial charge in [0.2, 0.25) is 11.8 Å².